The fourth-order valence-electron chi connectivity index (χ4n) is 3.23. The quantitative estimate of drug-likeness (QED) is 0.569. The number of ether oxygens (including phenoxy) is 2. The lowest BCUT2D eigenvalue weighted by molar-refractivity contribution is 0.121. The van der Waals surface area contributed by atoms with E-state index in [0.29, 0.717) is 12.5 Å². The van der Waals surface area contributed by atoms with Crippen LogP contribution in [-0.4, -0.2) is 42.6 Å². The minimum Gasteiger partial charge on any atom is -0.496 e. The topological polar surface area (TPSA) is 34.1 Å². The summed E-state index contributed by atoms with van der Waals surface area (Å²) in [5.74, 6) is 1.35. The van der Waals surface area contributed by atoms with Crippen LogP contribution < -0.4 is 0 Å². The van der Waals surface area contributed by atoms with Crippen molar-refractivity contribution >= 4 is 5.84 Å². The minimum absolute atomic E-state index is 0.0952. The van der Waals surface area contributed by atoms with Gasteiger partial charge in [0, 0.05) is 25.3 Å². The van der Waals surface area contributed by atoms with Gasteiger partial charge in [-0.2, -0.15) is 0 Å². The molecule has 4 nitrogen and oxygen atoms in total. The molecule has 0 aromatic heterocycles. The predicted octanol–water partition coefficient (Wildman–Crippen LogP) is 4.16. The van der Waals surface area contributed by atoms with Crippen molar-refractivity contribution in [3.05, 3.63) is 72.7 Å². The normalized spacial score (nSPS) is 23.5. The first-order valence-electron chi connectivity index (χ1n) is 9.26. The maximum absolute atomic E-state index is 5.82. The van der Waals surface area contributed by atoms with Gasteiger partial charge < -0.3 is 14.4 Å². The Balaban J connectivity index is 1.99. The maximum Gasteiger partial charge on any atom is 0.135 e. The standard InChI is InChI=1S/C22H28N2O2/c1-17(2)19(16-25-3)23-22(18-10-5-4-6-11-18)24-14-8-7-12-20(24)21-13-9-15-26-21/h4-12,14-15,17,19-21H,13,16H2,1-3H3/t19-,20+,21?/m1/s1. The molecule has 0 amide bonds. The Morgan fingerprint density at radius 1 is 1.27 bits per heavy atom. The molecule has 1 aromatic rings. The van der Waals surface area contributed by atoms with E-state index >= 15 is 0 Å². The number of amidine groups is 1. The van der Waals surface area contributed by atoms with Crippen LogP contribution in [0.4, 0.5) is 0 Å². The first-order valence-corrected chi connectivity index (χ1v) is 9.26. The van der Waals surface area contributed by atoms with Gasteiger partial charge in [0.05, 0.1) is 25.0 Å². The zero-order valence-corrected chi connectivity index (χ0v) is 15.8. The highest BCUT2D eigenvalue weighted by molar-refractivity contribution is 6.00. The second-order valence-corrected chi connectivity index (χ2v) is 6.99. The van der Waals surface area contributed by atoms with E-state index in [0.717, 1.165) is 17.8 Å². The molecule has 1 aromatic carbocycles. The molecule has 0 radical (unpaired) electrons. The van der Waals surface area contributed by atoms with Crippen LogP contribution >= 0.6 is 0 Å². The highest BCUT2D eigenvalue weighted by atomic mass is 16.5. The highest BCUT2D eigenvalue weighted by Gasteiger charge is 2.31. The van der Waals surface area contributed by atoms with Crippen molar-refractivity contribution in [3.63, 3.8) is 0 Å². The summed E-state index contributed by atoms with van der Waals surface area (Å²) < 4.78 is 11.2. The molecule has 2 heterocycles. The molecule has 2 aliphatic rings. The number of hydrogen-bond acceptors (Lipinski definition) is 3. The van der Waals surface area contributed by atoms with Crippen LogP contribution in [0.3, 0.4) is 0 Å². The smallest absolute Gasteiger partial charge is 0.135 e. The molecule has 3 atom stereocenters. The zero-order valence-electron chi connectivity index (χ0n) is 15.8. The number of rotatable bonds is 6. The number of nitrogens with zero attached hydrogens (tertiary/aromatic N) is 2. The summed E-state index contributed by atoms with van der Waals surface area (Å²) in [6.07, 6.45) is 13.3. The van der Waals surface area contributed by atoms with Gasteiger partial charge in [0.25, 0.3) is 0 Å². The average Bonchev–Trinajstić information content (AvgIpc) is 3.20. The van der Waals surface area contributed by atoms with Gasteiger partial charge in [-0.25, -0.2) is 0 Å². The molecule has 0 fully saturated rings. The third-order valence-electron chi connectivity index (χ3n) is 4.76. The van der Waals surface area contributed by atoms with Gasteiger partial charge in [0.1, 0.15) is 11.9 Å². The van der Waals surface area contributed by atoms with Crippen molar-refractivity contribution < 1.29 is 9.47 Å². The van der Waals surface area contributed by atoms with Crippen molar-refractivity contribution in [3.8, 4) is 0 Å². The zero-order chi connectivity index (χ0) is 18.4. The molecule has 26 heavy (non-hydrogen) atoms. The monoisotopic (exact) mass is 352 g/mol. The maximum atomic E-state index is 5.82. The van der Waals surface area contributed by atoms with Gasteiger partial charge in [0.2, 0.25) is 0 Å². The van der Waals surface area contributed by atoms with Gasteiger partial charge in [-0.3, -0.25) is 4.99 Å². The van der Waals surface area contributed by atoms with Crippen LogP contribution in [0.1, 0.15) is 25.8 Å². The molecular weight excluding hydrogens is 324 g/mol. The predicted molar refractivity (Wildman–Crippen MR) is 106 cm³/mol. The van der Waals surface area contributed by atoms with Gasteiger partial charge in [-0.15, -0.1) is 0 Å². The summed E-state index contributed by atoms with van der Waals surface area (Å²) in [4.78, 5) is 7.37. The molecule has 3 rings (SSSR count). The number of hydrogen-bond donors (Lipinski definition) is 0. The molecule has 0 N–H and O–H groups in total. The lowest BCUT2D eigenvalue weighted by Crippen LogP contribution is -2.44. The van der Waals surface area contributed by atoms with Gasteiger partial charge in [0.15, 0.2) is 0 Å². The molecule has 0 aliphatic carbocycles. The third-order valence-corrected chi connectivity index (χ3v) is 4.76. The summed E-state index contributed by atoms with van der Waals surface area (Å²) in [5, 5.41) is 0. The Morgan fingerprint density at radius 2 is 2.08 bits per heavy atom. The van der Waals surface area contributed by atoms with E-state index in [9.17, 15) is 0 Å². The SMILES string of the molecule is COC[C@@H](N=C(c1ccccc1)N1C=CC=C[C@H]1C1CC=CO1)C(C)C. The Labute approximate surface area is 156 Å². The lowest BCUT2D eigenvalue weighted by Gasteiger charge is -2.35. The number of allylic oxidation sites excluding steroid dienone is 2. The van der Waals surface area contributed by atoms with E-state index in [2.05, 4.69) is 73.5 Å². The van der Waals surface area contributed by atoms with Crippen molar-refractivity contribution in [1.29, 1.82) is 0 Å². The largest absolute Gasteiger partial charge is 0.496 e. The molecule has 0 saturated heterocycles. The van der Waals surface area contributed by atoms with E-state index in [-0.39, 0.29) is 18.2 Å². The van der Waals surface area contributed by atoms with Crippen LogP contribution in [0.2, 0.25) is 0 Å². The average molecular weight is 352 g/mol. The highest BCUT2D eigenvalue weighted by Crippen LogP contribution is 2.25. The molecule has 138 valence electrons. The van der Waals surface area contributed by atoms with Gasteiger partial charge in [-0.05, 0) is 18.1 Å². The van der Waals surface area contributed by atoms with Crippen LogP contribution in [0.5, 0.6) is 0 Å². The van der Waals surface area contributed by atoms with Crippen LogP contribution in [0.15, 0.2) is 72.1 Å². The third kappa shape index (κ3) is 4.25. The molecular formula is C22H28N2O2. The van der Waals surface area contributed by atoms with Crippen LogP contribution in [0, 0.1) is 5.92 Å². The van der Waals surface area contributed by atoms with Crippen molar-refractivity contribution in [1.82, 2.24) is 4.90 Å². The van der Waals surface area contributed by atoms with E-state index in [1.54, 1.807) is 13.4 Å². The Kier molecular flexibility index (Phi) is 6.29. The van der Waals surface area contributed by atoms with E-state index in [1.807, 2.05) is 6.07 Å². The van der Waals surface area contributed by atoms with Crippen LogP contribution in [0.25, 0.3) is 0 Å². The summed E-state index contributed by atoms with van der Waals surface area (Å²) >= 11 is 0. The van der Waals surface area contributed by atoms with E-state index in [1.165, 1.54) is 0 Å². The molecule has 0 spiro atoms. The Hall–Kier alpha value is -2.33. The summed E-state index contributed by atoms with van der Waals surface area (Å²) in [5.41, 5.74) is 1.10. The first-order chi connectivity index (χ1) is 12.7. The first kappa shape index (κ1) is 18.5. The van der Waals surface area contributed by atoms with Crippen LogP contribution in [-0.2, 0) is 9.47 Å². The van der Waals surface area contributed by atoms with Gasteiger partial charge in [-0.1, -0.05) is 56.3 Å². The van der Waals surface area contributed by atoms with E-state index in [4.69, 9.17) is 14.5 Å². The minimum atomic E-state index is 0.0952. The molecule has 4 heteroatoms. The molecule has 2 aliphatic heterocycles. The number of methoxy groups -OCH3 is 1. The summed E-state index contributed by atoms with van der Waals surface area (Å²) in [6, 6.07) is 10.6. The second-order valence-electron chi connectivity index (χ2n) is 6.99. The van der Waals surface area contributed by atoms with Crippen molar-refractivity contribution in [2.75, 3.05) is 13.7 Å². The lowest BCUT2D eigenvalue weighted by atomic mass is 10.0. The molecule has 1 unspecified atom stereocenters. The molecule has 0 saturated carbocycles. The summed E-state index contributed by atoms with van der Waals surface area (Å²) in [7, 11) is 1.73. The van der Waals surface area contributed by atoms with Crippen molar-refractivity contribution in [2.45, 2.75) is 38.5 Å². The second kappa shape index (κ2) is 8.86. The Bertz CT molecular complexity index is 683. The summed E-state index contributed by atoms with van der Waals surface area (Å²) in [6.45, 7) is 4.97. The van der Waals surface area contributed by atoms with Crippen molar-refractivity contribution in [2.24, 2.45) is 10.9 Å². The molecule has 0 bridgehead atoms. The fraction of sp³-hybridized carbons (Fsp3) is 0.409. The fourth-order valence-corrected chi connectivity index (χ4v) is 3.23. The van der Waals surface area contributed by atoms with E-state index < -0.39 is 0 Å². The number of aliphatic imine (C=N–C) groups is 1. The Morgan fingerprint density at radius 3 is 2.73 bits per heavy atom. The van der Waals surface area contributed by atoms with Gasteiger partial charge >= 0.3 is 0 Å². The number of benzene rings is 1.